The van der Waals surface area contributed by atoms with Gasteiger partial charge in [-0.15, -0.1) is 0 Å². The molecule has 1 aliphatic rings. The second kappa shape index (κ2) is 9.44. The second-order valence-electron chi connectivity index (χ2n) is 11.3. The van der Waals surface area contributed by atoms with Crippen LogP contribution in [0.3, 0.4) is 0 Å². The highest BCUT2D eigenvalue weighted by atomic mass is 15.1. The van der Waals surface area contributed by atoms with Crippen molar-refractivity contribution in [2.24, 2.45) is 0 Å². The molecule has 9 rings (SSSR count). The predicted octanol–water partition coefficient (Wildman–Crippen LogP) is 11.9. The lowest BCUT2D eigenvalue weighted by Crippen LogP contribution is -2.10. The number of benzene rings is 8. The minimum Gasteiger partial charge on any atom is -0.309 e. The van der Waals surface area contributed by atoms with E-state index in [1.54, 1.807) is 0 Å². The summed E-state index contributed by atoms with van der Waals surface area (Å²) in [5.41, 5.74) is 11.0. The fraction of sp³-hybridized carbons (Fsp3) is 0. The first-order valence-electron chi connectivity index (χ1n) is 14.9. The van der Waals surface area contributed by atoms with Crippen LogP contribution in [0.2, 0.25) is 0 Å². The largest absolute Gasteiger partial charge is 0.309 e. The molecule has 0 radical (unpaired) electrons. The first kappa shape index (κ1) is 24.0. The number of hydrogen-bond acceptors (Lipinski definition) is 1. The van der Waals surface area contributed by atoms with Crippen LogP contribution in [0.4, 0.5) is 17.1 Å². The van der Waals surface area contributed by atoms with Crippen molar-refractivity contribution in [2.75, 3.05) is 4.90 Å². The first-order chi connectivity index (χ1) is 21.4. The zero-order valence-electron chi connectivity index (χ0n) is 23.5. The van der Waals surface area contributed by atoms with Crippen LogP contribution in [-0.2, 0) is 0 Å². The Hall–Kier alpha value is -5.66. The Bertz CT molecular complexity index is 2300. The molecular formula is C42H27N. The van der Waals surface area contributed by atoms with Gasteiger partial charge >= 0.3 is 0 Å². The number of para-hydroxylation sites is 3. The van der Waals surface area contributed by atoms with Crippen LogP contribution in [0.5, 0.6) is 0 Å². The Morgan fingerprint density at radius 2 is 0.698 bits per heavy atom. The molecule has 0 fully saturated rings. The van der Waals surface area contributed by atoms with E-state index in [0.29, 0.717) is 0 Å². The highest BCUT2D eigenvalue weighted by Crippen LogP contribution is 2.54. The van der Waals surface area contributed by atoms with Gasteiger partial charge in [-0.3, -0.25) is 0 Å². The summed E-state index contributed by atoms with van der Waals surface area (Å²) in [4.78, 5) is 2.42. The summed E-state index contributed by atoms with van der Waals surface area (Å²) < 4.78 is 0. The molecule has 0 N–H and O–H groups in total. The van der Waals surface area contributed by atoms with Crippen LogP contribution in [-0.4, -0.2) is 0 Å². The van der Waals surface area contributed by atoms with Gasteiger partial charge in [-0.25, -0.2) is 0 Å². The molecule has 0 spiro atoms. The number of hydrogen-bond donors (Lipinski definition) is 0. The normalized spacial score (nSPS) is 12.1. The molecule has 0 saturated heterocycles. The third kappa shape index (κ3) is 3.52. The Labute approximate surface area is 250 Å². The number of fused-ring (bicyclic) bond motifs is 11. The molecule has 1 aliphatic heterocycles. The van der Waals surface area contributed by atoms with E-state index in [9.17, 15) is 0 Å². The molecule has 43 heavy (non-hydrogen) atoms. The minimum atomic E-state index is 1.15. The van der Waals surface area contributed by atoms with Crippen molar-refractivity contribution in [3.63, 3.8) is 0 Å². The van der Waals surface area contributed by atoms with E-state index in [2.05, 4.69) is 169 Å². The average Bonchev–Trinajstić information content (AvgIpc) is 3.21. The van der Waals surface area contributed by atoms with Crippen LogP contribution in [0.25, 0.3) is 65.7 Å². The molecule has 1 heterocycles. The molecule has 200 valence electrons. The van der Waals surface area contributed by atoms with Gasteiger partial charge in [0.2, 0.25) is 0 Å². The van der Waals surface area contributed by atoms with Crippen LogP contribution >= 0.6 is 0 Å². The van der Waals surface area contributed by atoms with Crippen LogP contribution in [0.1, 0.15) is 0 Å². The standard InChI is InChI=1S/C42H27N/c1-2-14-28(15-3-1)43-39-26-10-8-19-32(39)35-23-13-25-37(42(35)38-21-9-11-27-40(38)43)36-24-12-22-34-31-17-5-4-16-29(31)30-18-6-7-20-33(30)41(34)36/h1-27H. The van der Waals surface area contributed by atoms with Crippen molar-refractivity contribution in [2.45, 2.75) is 0 Å². The van der Waals surface area contributed by atoms with Gasteiger partial charge in [-0.2, -0.15) is 0 Å². The van der Waals surface area contributed by atoms with Gasteiger partial charge < -0.3 is 4.90 Å². The van der Waals surface area contributed by atoms with E-state index in [1.807, 2.05) is 0 Å². The Balaban J connectivity index is 1.44. The zero-order chi connectivity index (χ0) is 28.3. The van der Waals surface area contributed by atoms with Gasteiger partial charge in [0.15, 0.2) is 0 Å². The van der Waals surface area contributed by atoms with Crippen LogP contribution < -0.4 is 4.90 Å². The molecule has 0 bridgehead atoms. The molecule has 0 aromatic heterocycles. The SMILES string of the molecule is c1ccc(N2c3ccccc3-c3cccc(-c4cccc5c6ccccc6c6ccccc6c45)c3-c3ccccc32)cc1. The predicted molar refractivity (Wildman–Crippen MR) is 184 cm³/mol. The maximum Gasteiger partial charge on any atom is 0.0540 e. The minimum absolute atomic E-state index is 1.15. The number of anilines is 3. The van der Waals surface area contributed by atoms with E-state index in [0.717, 1.165) is 5.69 Å². The second-order valence-corrected chi connectivity index (χ2v) is 11.3. The molecule has 1 nitrogen and oxygen atoms in total. The highest BCUT2D eigenvalue weighted by molar-refractivity contribution is 6.29. The summed E-state index contributed by atoms with van der Waals surface area (Å²) in [6.45, 7) is 0. The van der Waals surface area contributed by atoms with Crippen molar-refractivity contribution in [1.82, 2.24) is 0 Å². The van der Waals surface area contributed by atoms with Crippen molar-refractivity contribution in [3.05, 3.63) is 164 Å². The van der Waals surface area contributed by atoms with Crippen molar-refractivity contribution >= 4 is 49.4 Å². The molecule has 1 heteroatoms. The molecule has 8 aromatic rings. The highest BCUT2D eigenvalue weighted by Gasteiger charge is 2.28. The summed E-state index contributed by atoms with van der Waals surface area (Å²) in [5, 5.41) is 7.77. The first-order valence-corrected chi connectivity index (χ1v) is 14.9. The molecule has 0 atom stereocenters. The number of nitrogens with zero attached hydrogens (tertiary/aromatic N) is 1. The Kier molecular flexibility index (Phi) is 5.27. The van der Waals surface area contributed by atoms with E-state index in [4.69, 9.17) is 0 Å². The molecule has 0 amide bonds. The third-order valence-electron chi connectivity index (χ3n) is 8.99. The third-order valence-corrected chi connectivity index (χ3v) is 8.99. The molecule has 8 aromatic carbocycles. The smallest absolute Gasteiger partial charge is 0.0540 e. The van der Waals surface area contributed by atoms with Gasteiger partial charge in [0.1, 0.15) is 0 Å². The Morgan fingerprint density at radius 3 is 1.40 bits per heavy atom. The van der Waals surface area contributed by atoms with Gasteiger partial charge in [0.05, 0.1) is 11.4 Å². The fourth-order valence-corrected chi connectivity index (χ4v) is 7.23. The van der Waals surface area contributed by atoms with Crippen molar-refractivity contribution < 1.29 is 0 Å². The molecule has 0 saturated carbocycles. The summed E-state index contributed by atoms with van der Waals surface area (Å²) in [6.07, 6.45) is 0. The monoisotopic (exact) mass is 545 g/mol. The fourth-order valence-electron chi connectivity index (χ4n) is 7.23. The average molecular weight is 546 g/mol. The van der Waals surface area contributed by atoms with Gasteiger partial charge in [0, 0.05) is 16.8 Å². The van der Waals surface area contributed by atoms with Crippen LogP contribution in [0.15, 0.2) is 164 Å². The lowest BCUT2D eigenvalue weighted by Gasteiger charge is -2.27. The van der Waals surface area contributed by atoms with E-state index in [-0.39, 0.29) is 0 Å². The lowest BCUT2D eigenvalue weighted by atomic mass is 9.84. The summed E-state index contributed by atoms with van der Waals surface area (Å²) in [5.74, 6) is 0. The van der Waals surface area contributed by atoms with Crippen LogP contribution in [0, 0.1) is 0 Å². The summed E-state index contributed by atoms with van der Waals surface area (Å²) in [7, 11) is 0. The maximum atomic E-state index is 2.42. The quantitative estimate of drug-likeness (QED) is 0.195. The molecule has 0 aliphatic carbocycles. The van der Waals surface area contributed by atoms with Gasteiger partial charge in [0.25, 0.3) is 0 Å². The van der Waals surface area contributed by atoms with Gasteiger partial charge in [-0.05, 0) is 78.8 Å². The summed E-state index contributed by atoms with van der Waals surface area (Å²) >= 11 is 0. The van der Waals surface area contributed by atoms with Crippen molar-refractivity contribution in [1.29, 1.82) is 0 Å². The van der Waals surface area contributed by atoms with E-state index in [1.165, 1.54) is 77.1 Å². The zero-order valence-corrected chi connectivity index (χ0v) is 23.5. The van der Waals surface area contributed by atoms with E-state index < -0.39 is 0 Å². The van der Waals surface area contributed by atoms with E-state index >= 15 is 0 Å². The lowest BCUT2D eigenvalue weighted by molar-refractivity contribution is 1.29. The molecular weight excluding hydrogens is 518 g/mol. The molecule has 0 unspecified atom stereocenters. The maximum absolute atomic E-state index is 2.42. The summed E-state index contributed by atoms with van der Waals surface area (Å²) in [6, 6.07) is 59.8. The topological polar surface area (TPSA) is 3.24 Å². The Morgan fingerprint density at radius 1 is 0.279 bits per heavy atom. The van der Waals surface area contributed by atoms with Gasteiger partial charge in [-0.1, -0.05) is 140 Å². The van der Waals surface area contributed by atoms with Crippen molar-refractivity contribution in [3.8, 4) is 33.4 Å². The number of rotatable bonds is 2.